The van der Waals surface area contributed by atoms with Crippen LogP contribution in [0.15, 0.2) is 42.9 Å². The van der Waals surface area contributed by atoms with Crippen molar-refractivity contribution < 1.29 is 9.53 Å². The van der Waals surface area contributed by atoms with Gasteiger partial charge in [-0.25, -0.2) is 0 Å². The number of rotatable bonds is 4. The number of hydrogen-bond donors (Lipinski definition) is 0. The van der Waals surface area contributed by atoms with Crippen LogP contribution in [0, 0.1) is 5.92 Å². The predicted octanol–water partition coefficient (Wildman–Crippen LogP) is 2.61. The Labute approximate surface area is 142 Å². The van der Waals surface area contributed by atoms with Crippen molar-refractivity contribution in [2.45, 2.75) is 45.1 Å². The van der Waals surface area contributed by atoms with Crippen LogP contribution in [0.3, 0.4) is 0 Å². The lowest BCUT2D eigenvalue weighted by atomic mass is 9.84. The standard InChI is InChI=1S/C19H23N3O2/c23-19(16-3-1-4-16)22-11-17-5-2-10-21(17)12-18(13-22)24-14-15-6-8-20-9-7-15/h2,5-10,16,18H,1,3-4,11-14H2. The molecule has 5 nitrogen and oxygen atoms in total. The largest absolute Gasteiger partial charge is 0.370 e. The van der Waals surface area contributed by atoms with E-state index in [1.54, 1.807) is 12.4 Å². The Kier molecular flexibility index (Phi) is 4.34. The molecule has 0 aromatic carbocycles. The molecular formula is C19H23N3O2. The Hall–Kier alpha value is -2.14. The minimum Gasteiger partial charge on any atom is -0.370 e. The summed E-state index contributed by atoms with van der Waals surface area (Å²) in [7, 11) is 0. The van der Waals surface area contributed by atoms with E-state index >= 15 is 0 Å². The fraction of sp³-hybridized carbons (Fsp3) is 0.474. The fourth-order valence-corrected chi connectivity index (χ4v) is 3.43. The number of hydrogen-bond acceptors (Lipinski definition) is 3. The average Bonchev–Trinajstić information content (AvgIpc) is 2.90. The van der Waals surface area contributed by atoms with Gasteiger partial charge in [-0.15, -0.1) is 0 Å². The van der Waals surface area contributed by atoms with Crippen molar-refractivity contribution in [2.24, 2.45) is 5.92 Å². The van der Waals surface area contributed by atoms with Crippen molar-refractivity contribution in [3.05, 3.63) is 54.1 Å². The van der Waals surface area contributed by atoms with Crippen molar-refractivity contribution >= 4 is 5.91 Å². The van der Waals surface area contributed by atoms with Gasteiger partial charge in [0, 0.05) is 36.7 Å². The summed E-state index contributed by atoms with van der Waals surface area (Å²) in [4.78, 5) is 18.8. The van der Waals surface area contributed by atoms with E-state index in [0.29, 0.717) is 25.6 Å². The van der Waals surface area contributed by atoms with Gasteiger partial charge < -0.3 is 14.2 Å². The number of ether oxygens (including phenoxy) is 1. The molecule has 0 radical (unpaired) electrons. The first-order chi connectivity index (χ1) is 11.8. The lowest BCUT2D eigenvalue weighted by molar-refractivity contribution is -0.140. The first-order valence-corrected chi connectivity index (χ1v) is 8.73. The second-order valence-corrected chi connectivity index (χ2v) is 6.79. The van der Waals surface area contributed by atoms with Crippen molar-refractivity contribution in [3.63, 3.8) is 0 Å². The summed E-state index contributed by atoms with van der Waals surface area (Å²) in [6.07, 6.45) is 8.91. The molecule has 4 rings (SSSR count). The maximum Gasteiger partial charge on any atom is 0.226 e. The molecule has 1 fully saturated rings. The van der Waals surface area contributed by atoms with Gasteiger partial charge in [0.1, 0.15) is 0 Å². The van der Waals surface area contributed by atoms with E-state index in [9.17, 15) is 4.79 Å². The minimum absolute atomic E-state index is 0.0100. The molecule has 0 saturated heterocycles. The van der Waals surface area contributed by atoms with Crippen LogP contribution in [0.4, 0.5) is 0 Å². The van der Waals surface area contributed by atoms with Gasteiger partial charge in [-0.1, -0.05) is 6.42 Å². The second-order valence-electron chi connectivity index (χ2n) is 6.79. The third kappa shape index (κ3) is 3.22. The molecule has 126 valence electrons. The average molecular weight is 325 g/mol. The summed E-state index contributed by atoms with van der Waals surface area (Å²) >= 11 is 0. The molecule has 2 aromatic rings. The molecule has 1 aliphatic heterocycles. The number of pyridine rings is 1. The maximum atomic E-state index is 12.7. The highest BCUT2D eigenvalue weighted by Crippen LogP contribution is 2.29. The summed E-state index contributed by atoms with van der Waals surface area (Å²) in [5.74, 6) is 0.528. The van der Waals surface area contributed by atoms with E-state index in [2.05, 4.69) is 21.8 Å². The van der Waals surface area contributed by atoms with Gasteiger partial charge in [-0.2, -0.15) is 0 Å². The molecule has 24 heavy (non-hydrogen) atoms. The van der Waals surface area contributed by atoms with E-state index < -0.39 is 0 Å². The van der Waals surface area contributed by atoms with Crippen LogP contribution in [0.25, 0.3) is 0 Å². The first kappa shape index (κ1) is 15.4. The van der Waals surface area contributed by atoms with Gasteiger partial charge in [-0.05, 0) is 42.7 Å². The van der Waals surface area contributed by atoms with Crippen LogP contribution in [-0.2, 0) is 29.2 Å². The van der Waals surface area contributed by atoms with Gasteiger partial charge in [-0.3, -0.25) is 9.78 Å². The van der Waals surface area contributed by atoms with Crippen LogP contribution in [0.1, 0.15) is 30.5 Å². The summed E-state index contributed by atoms with van der Waals surface area (Å²) in [5, 5.41) is 0. The van der Waals surface area contributed by atoms with Crippen molar-refractivity contribution in [3.8, 4) is 0 Å². The monoisotopic (exact) mass is 325 g/mol. The predicted molar refractivity (Wildman–Crippen MR) is 90.0 cm³/mol. The number of amides is 1. The zero-order valence-corrected chi connectivity index (χ0v) is 13.8. The fourth-order valence-electron chi connectivity index (χ4n) is 3.43. The molecule has 0 bridgehead atoms. The lowest BCUT2D eigenvalue weighted by Gasteiger charge is -2.32. The SMILES string of the molecule is O=C(C1CCC1)N1Cc2cccn2CC(OCc2ccncc2)C1. The Morgan fingerprint density at radius 2 is 2.04 bits per heavy atom. The van der Waals surface area contributed by atoms with Crippen LogP contribution in [0.5, 0.6) is 0 Å². The number of fused-ring (bicyclic) bond motifs is 1. The molecule has 2 aromatic heterocycles. The molecular weight excluding hydrogens is 302 g/mol. The molecule has 1 saturated carbocycles. The highest BCUT2D eigenvalue weighted by molar-refractivity contribution is 5.79. The summed E-state index contributed by atoms with van der Waals surface area (Å²) < 4.78 is 8.36. The van der Waals surface area contributed by atoms with Gasteiger partial charge in [0.05, 0.1) is 25.8 Å². The number of aromatic nitrogens is 2. The van der Waals surface area contributed by atoms with Crippen molar-refractivity contribution in [1.82, 2.24) is 14.5 Å². The minimum atomic E-state index is 0.0100. The molecule has 1 atom stereocenters. The van der Waals surface area contributed by atoms with Gasteiger partial charge in [0.2, 0.25) is 5.91 Å². The molecule has 1 amide bonds. The quantitative estimate of drug-likeness (QED) is 0.868. The van der Waals surface area contributed by atoms with E-state index in [1.165, 1.54) is 12.1 Å². The van der Waals surface area contributed by atoms with Crippen LogP contribution < -0.4 is 0 Å². The second kappa shape index (κ2) is 6.77. The normalized spacial score (nSPS) is 21.0. The highest BCUT2D eigenvalue weighted by Gasteiger charge is 2.32. The zero-order chi connectivity index (χ0) is 16.4. The topological polar surface area (TPSA) is 47.4 Å². The Bertz CT molecular complexity index is 694. The maximum absolute atomic E-state index is 12.7. The van der Waals surface area contributed by atoms with Crippen LogP contribution >= 0.6 is 0 Å². The van der Waals surface area contributed by atoms with Gasteiger partial charge in [0.15, 0.2) is 0 Å². The van der Waals surface area contributed by atoms with Gasteiger partial charge >= 0.3 is 0 Å². The molecule has 1 aliphatic carbocycles. The lowest BCUT2D eigenvalue weighted by Crippen LogP contribution is -2.42. The van der Waals surface area contributed by atoms with Crippen LogP contribution in [-0.4, -0.2) is 33.0 Å². The van der Waals surface area contributed by atoms with E-state index in [0.717, 1.165) is 24.9 Å². The third-order valence-corrected chi connectivity index (χ3v) is 5.10. The zero-order valence-electron chi connectivity index (χ0n) is 13.8. The first-order valence-electron chi connectivity index (χ1n) is 8.73. The molecule has 5 heteroatoms. The van der Waals surface area contributed by atoms with E-state index in [1.807, 2.05) is 23.1 Å². The molecule has 0 spiro atoms. The molecule has 3 heterocycles. The molecule has 1 unspecified atom stereocenters. The van der Waals surface area contributed by atoms with Gasteiger partial charge in [0.25, 0.3) is 0 Å². The Morgan fingerprint density at radius 1 is 1.21 bits per heavy atom. The Balaban J connectivity index is 1.47. The number of carbonyl (C=O) groups is 1. The summed E-state index contributed by atoms with van der Waals surface area (Å²) in [6, 6.07) is 8.09. The summed E-state index contributed by atoms with van der Waals surface area (Å²) in [5.41, 5.74) is 2.30. The van der Waals surface area contributed by atoms with E-state index in [4.69, 9.17) is 4.74 Å². The molecule has 0 N–H and O–H groups in total. The smallest absolute Gasteiger partial charge is 0.226 e. The van der Waals surface area contributed by atoms with E-state index in [-0.39, 0.29) is 12.0 Å². The van der Waals surface area contributed by atoms with Crippen molar-refractivity contribution in [2.75, 3.05) is 6.54 Å². The third-order valence-electron chi connectivity index (χ3n) is 5.10. The number of nitrogens with zero attached hydrogens (tertiary/aromatic N) is 3. The summed E-state index contributed by atoms with van der Waals surface area (Å²) in [6.45, 7) is 2.71. The van der Waals surface area contributed by atoms with Crippen LogP contribution in [0.2, 0.25) is 0 Å². The highest BCUT2D eigenvalue weighted by atomic mass is 16.5. The Morgan fingerprint density at radius 3 is 2.79 bits per heavy atom. The molecule has 2 aliphatic rings. The van der Waals surface area contributed by atoms with Crippen molar-refractivity contribution in [1.29, 1.82) is 0 Å². The number of carbonyl (C=O) groups excluding carboxylic acids is 1.